The quantitative estimate of drug-likeness (QED) is 0.823. The molecule has 1 N–H and O–H groups in total. The van der Waals surface area contributed by atoms with Crippen molar-refractivity contribution < 1.29 is 9.18 Å². The normalized spacial score (nSPS) is 10.7. The summed E-state index contributed by atoms with van der Waals surface area (Å²) < 4.78 is 14.2. The summed E-state index contributed by atoms with van der Waals surface area (Å²) in [5.74, 6) is -0.0967. The first-order valence-corrected chi connectivity index (χ1v) is 7.13. The Hall–Kier alpha value is -1.89. The van der Waals surface area contributed by atoms with Crippen molar-refractivity contribution in [2.24, 2.45) is 0 Å². The van der Waals surface area contributed by atoms with Crippen LogP contribution in [0.25, 0.3) is 0 Å². The van der Waals surface area contributed by atoms with Gasteiger partial charge < -0.3 is 0 Å². The summed E-state index contributed by atoms with van der Waals surface area (Å²) in [4.78, 5) is 23.2. The van der Waals surface area contributed by atoms with Crippen molar-refractivity contribution >= 4 is 17.5 Å². The first-order chi connectivity index (χ1) is 9.60. The molecule has 2 aromatic rings. The molecule has 0 aliphatic carbocycles. The zero-order valence-electron chi connectivity index (χ0n) is 10.9. The van der Waals surface area contributed by atoms with Gasteiger partial charge >= 0.3 is 5.69 Å². The number of benzene rings is 1. The molecular formula is C13H14FN3O2S. The molecule has 20 heavy (non-hydrogen) atoms. The molecule has 0 aliphatic rings. The number of rotatable bonds is 6. The van der Waals surface area contributed by atoms with E-state index in [1.807, 2.05) is 6.92 Å². The van der Waals surface area contributed by atoms with Gasteiger partial charge in [0.15, 0.2) is 5.16 Å². The molecule has 0 saturated carbocycles. The van der Waals surface area contributed by atoms with Crippen LogP contribution in [0.5, 0.6) is 0 Å². The second-order valence-corrected chi connectivity index (χ2v) is 5.13. The fourth-order valence-electron chi connectivity index (χ4n) is 1.72. The van der Waals surface area contributed by atoms with Crippen LogP contribution in [0.2, 0.25) is 0 Å². The average Bonchev–Trinajstić information content (AvgIpc) is 2.79. The monoisotopic (exact) mass is 295 g/mol. The highest BCUT2D eigenvalue weighted by atomic mass is 32.2. The first-order valence-electron chi connectivity index (χ1n) is 6.14. The minimum atomic E-state index is -0.320. The van der Waals surface area contributed by atoms with Crippen molar-refractivity contribution in [1.82, 2.24) is 14.8 Å². The van der Waals surface area contributed by atoms with E-state index in [1.54, 1.807) is 12.1 Å². The largest absolute Gasteiger partial charge is 0.343 e. The van der Waals surface area contributed by atoms with Crippen molar-refractivity contribution in [2.45, 2.75) is 25.0 Å². The van der Waals surface area contributed by atoms with E-state index in [0.29, 0.717) is 11.7 Å². The van der Waals surface area contributed by atoms with Gasteiger partial charge in [0.2, 0.25) is 0 Å². The van der Waals surface area contributed by atoms with Crippen LogP contribution in [0.3, 0.4) is 0 Å². The molecule has 7 heteroatoms. The van der Waals surface area contributed by atoms with Gasteiger partial charge in [-0.1, -0.05) is 23.9 Å². The number of Topliss-reactive ketones (excluding diaryl/α,β-unsaturated/α-hetero) is 1. The van der Waals surface area contributed by atoms with Gasteiger partial charge in [-0.25, -0.2) is 14.3 Å². The summed E-state index contributed by atoms with van der Waals surface area (Å²) in [6.07, 6.45) is 0.244. The third kappa shape index (κ3) is 3.57. The molecule has 0 spiro atoms. The molecule has 1 aromatic carbocycles. The predicted molar refractivity (Wildman–Crippen MR) is 74.4 cm³/mol. The van der Waals surface area contributed by atoms with E-state index < -0.39 is 0 Å². The molecular weight excluding hydrogens is 281 g/mol. The second kappa shape index (κ2) is 6.51. The number of H-pyrrole nitrogens is 1. The maximum Gasteiger partial charge on any atom is 0.343 e. The van der Waals surface area contributed by atoms with E-state index >= 15 is 0 Å². The highest BCUT2D eigenvalue weighted by molar-refractivity contribution is 7.99. The number of hydrogen-bond acceptors (Lipinski definition) is 4. The summed E-state index contributed by atoms with van der Waals surface area (Å²) in [5, 5.41) is 6.72. The number of nitrogens with zero attached hydrogens (tertiary/aromatic N) is 2. The zero-order valence-corrected chi connectivity index (χ0v) is 11.7. The molecule has 5 nitrogen and oxygen atoms in total. The SMILES string of the molecule is CCn1c(SCC(=O)Cc2ccc(F)cc2)n[nH]c1=O. The number of nitrogens with one attached hydrogen (secondary N) is 1. The van der Waals surface area contributed by atoms with Crippen LogP contribution < -0.4 is 5.69 Å². The minimum Gasteiger partial charge on any atom is -0.298 e. The number of aromatic nitrogens is 3. The van der Waals surface area contributed by atoms with E-state index in [1.165, 1.54) is 28.5 Å². The Morgan fingerprint density at radius 1 is 1.40 bits per heavy atom. The number of hydrogen-bond donors (Lipinski definition) is 1. The van der Waals surface area contributed by atoms with Crippen LogP contribution in [-0.4, -0.2) is 26.3 Å². The van der Waals surface area contributed by atoms with E-state index in [-0.39, 0.29) is 29.5 Å². The minimum absolute atomic E-state index is 0.000268. The van der Waals surface area contributed by atoms with Crippen LogP contribution in [0.1, 0.15) is 12.5 Å². The molecule has 0 atom stereocenters. The van der Waals surface area contributed by atoms with Gasteiger partial charge in [0.1, 0.15) is 11.6 Å². The molecule has 0 unspecified atom stereocenters. The molecule has 0 fully saturated rings. The predicted octanol–water partition coefficient (Wildman–Crippen LogP) is 1.63. The first kappa shape index (κ1) is 14.5. The standard InChI is InChI=1S/C13H14FN3O2S/c1-2-17-12(19)15-16-13(17)20-8-11(18)7-9-3-5-10(14)6-4-9/h3-6H,2,7-8H2,1H3,(H,15,19). The number of carbonyl (C=O) groups excluding carboxylic acids is 1. The van der Waals surface area contributed by atoms with Gasteiger partial charge in [0, 0.05) is 13.0 Å². The van der Waals surface area contributed by atoms with Crippen molar-refractivity contribution in [3.05, 3.63) is 46.1 Å². The summed E-state index contributed by atoms with van der Waals surface area (Å²) in [7, 11) is 0. The number of carbonyl (C=O) groups is 1. The lowest BCUT2D eigenvalue weighted by molar-refractivity contribution is -0.116. The summed E-state index contributed by atoms with van der Waals surface area (Å²) >= 11 is 1.22. The van der Waals surface area contributed by atoms with Gasteiger partial charge in [0.25, 0.3) is 0 Å². The maximum atomic E-state index is 12.7. The lowest BCUT2D eigenvalue weighted by Crippen LogP contribution is -2.16. The Labute approximate surface area is 119 Å². The molecule has 1 heterocycles. The van der Waals surface area contributed by atoms with Gasteiger partial charge in [-0.3, -0.25) is 9.36 Å². The molecule has 106 valence electrons. The molecule has 1 aromatic heterocycles. The van der Waals surface area contributed by atoms with Gasteiger partial charge in [-0.15, -0.1) is 5.10 Å². The lowest BCUT2D eigenvalue weighted by atomic mass is 10.1. The smallest absolute Gasteiger partial charge is 0.298 e. The Kier molecular flexibility index (Phi) is 4.73. The van der Waals surface area contributed by atoms with Crippen molar-refractivity contribution in [2.75, 3.05) is 5.75 Å². The fourth-order valence-corrected chi connectivity index (χ4v) is 2.59. The van der Waals surface area contributed by atoms with Crippen LogP contribution >= 0.6 is 11.8 Å². The lowest BCUT2D eigenvalue weighted by Gasteiger charge is -2.02. The average molecular weight is 295 g/mol. The number of ketones is 1. The van der Waals surface area contributed by atoms with E-state index in [2.05, 4.69) is 10.2 Å². The summed E-state index contributed by atoms with van der Waals surface area (Å²) in [6.45, 7) is 2.34. The highest BCUT2D eigenvalue weighted by Gasteiger charge is 2.10. The van der Waals surface area contributed by atoms with Gasteiger partial charge in [-0.05, 0) is 24.6 Å². The van der Waals surface area contributed by atoms with Crippen LogP contribution in [0.15, 0.2) is 34.2 Å². The Morgan fingerprint density at radius 3 is 2.75 bits per heavy atom. The Morgan fingerprint density at radius 2 is 2.10 bits per heavy atom. The molecule has 0 amide bonds. The van der Waals surface area contributed by atoms with Crippen LogP contribution in [0.4, 0.5) is 4.39 Å². The van der Waals surface area contributed by atoms with Gasteiger partial charge in [-0.2, -0.15) is 0 Å². The zero-order chi connectivity index (χ0) is 14.5. The molecule has 0 aliphatic heterocycles. The molecule has 0 saturated heterocycles. The topological polar surface area (TPSA) is 67.8 Å². The van der Waals surface area contributed by atoms with Crippen LogP contribution in [-0.2, 0) is 17.8 Å². The Balaban J connectivity index is 1.92. The third-order valence-electron chi connectivity index (χ3n) is 2.72. The molecule has 2 rings (SSSR count). The summed E-state index contributed by atoms with van der Waals surface area (Å²) in [6, 6.07) is 5.85. The van der Waals surface area contributed by atoms with Crippen LogP contribution in [0, 0.1) is 5.82 Å². The Bertz CT molecular complexity index is 648. The number of thioether (sulfide) groups is 1. The summed E-state index contributed by atoms with van der Waals surface area (Å²) in [5.41, 5.74) is 0.493. The highest BCUT2D eigenvalue weighted by Crippen LogP contribution is 2.14. The molecule has 0 bridgehead atoms. The fraction of sp³-hybridized carbons (Fsp3) is 0.308. The number of halogens is 1. The van der Waals surface area contributed by atoms with E-state index in [9.17, 15) is 14.0 Å². The third-order valence-corrected chi connectivity index (χ3v) is 3.75. The maximum absolute atomic E-state index is 12.7. The van der Waals surface area contributed by atoms with E-state index in [0.717, 1.165) is 5.56 Å². The van der Waals surface area contributed by atoms with E-state index in [4.69, 9.17) is 0 Å². The number of aromatic amines is 1. The van der Waals surface area contributed by atoms with Crippen molar-refractivity contribution in [1.29, 1.82) is 0 Å². The van der Waals surface area contributed by atoms with Crippen molar-refractivity contribution in [3.63, 3.8) is 0 Å². The van der Waals surface area contributed by atoms with Crippen molar-refractivity contribution in [3.8, 4) is 0 Å². The van der Waals surface area contributed by atoms with Gasteiger partial charge in [0.05, 0.1) is 5.75 Å². The second-order valence-electron chi connectivity index (χ2n) is 4.19. The molecule has 0 radical (unpaired) electrons.